The molecule has 2 N–H and O–H groups in total. The second kappa shape index (κ2) is 4.98. The lowest BCUT2D eigenvalue weighted by atomic mass is 10.2. The summed E-state index contributed by atoms with van der Waals surface area (Å²) in [6.07, 6.45) is -4.28. The van der Waals surface area contributed by atoms with E-state index in [-0.39, 0.29) is 12.2 Å². The van der Waals surface area contributed by atoms with Crippen molar-refractivity contribution in [3.63, 3.8) is 0 Å². The minimum atomic E-state index is -4.55. The first-order chi connectivity index (χ1) is 7.84. The average Bonchev–Trinajstić information content (AvgIpc) is 2.25. The topological polar surface area (TPSA) is 75.1 Å². The number of hydrogen-bond acceptors (Lipinski definition) is 4. The molecule has 0 fully saturated rings. The first kappa shape index (κ1) is 13.2. The van der Waals surface area contributed by atoms with Crippen LogP contribution in [0.5, 0.6) is 0 Å². The smallest absolute Gasteiger partial charge is 0.435 e. The largest absolute Gasteiger partial charge is 0.480 e. The summed E-state index contributed by atoms with van der Waals surface area (Å²) in [6, 6.07) is 0.881. The third-order valence-electron chi connectivity index (χ3n) is 1.98. The minimum Gasteiger partial charge on any atom is -0.480 e. The third kappa shape index (κ3) is 3.58. The molecular weight excluding hydrogens is 239 g/mol. The molecule has 1 aromatic heterocycles. The number of carboxylic acids is 1. The predicted octanol–water partition coefficient (Wildman–Crippen LogP) is 1.77. The lowest BCUT2D eigenvalue weighted by Gasteiger charge is -2.12. The van der Waals surface area contributed by atoms with Crippen LogP contribution in [0, 0.1) is 0 Å². The highest BCUT2D eigenvalue weighted by atomic mass is 19.4. The Hall–Kier alpha value is -1.86. The van der Waals surface area contributed by atoms with Crippen LogP contribution in [0.15, 0.2) is 12.1 Å². The van der Waals surface area contributed by atoms with Gasteiger partial charge in [-0.15, -0.1) is 10.2 Å². The molecule has 1 rings (SSSR count). The highest BCUT2D eigenvalue weighted by Crippen LogP contribution is 2.27. The van der Waals surface area contributed by atoms with Crippen molar-refractivity contribution in [3.8, 4) is 0 Å². The van der Waals surface area contributed by atoms with Crippen molar-refractivity contribution >= 4 is 11.8 Å². The van der Waals surface area contributed by atoms with Crippen LogP contribution in [0.3, 0.4) is 0 Å². The summed E-state index contributed by atoms with van der Waals surface area (Å²) in [6.45, 7) is 1.63. The van der Waals surface area contributed by atoms with Gasteiger partial charge in [0.1, 0.15) is 11.9 Å². The third-order valence-corrected chi connectivity index (χ3v) is 1.98. The molecule has 0 radical (unpaired) electrons. The monoisotopic (exact) mass is 249 g/mol. The molecule has 5 nitrogen and oxygen atoms in total. The van der Waals surface area contributed by atoms with E-state index in [1.54, 1.807) is 6.92 Å². The van der Waals surface area contributed by atoms with E-state index in [9.17, 15) is 18.0 Å². The Morgan fingerprint density at radius 3 is 2.47 bits per heavy atom. The highest BCUT2D eigenvalue weighted by molar-refractivity contribution is 5.76. The van der Waals surface area contributed by atoms with Crippen LogP contribution in [0.25, 0.3) is 0 Å². The summed E-state index contributed by atoms with van der Waals surface area (Å²) in [5, 5.41) is 17.4. The molecular formula is C9H10F3N3O2. The molecule has 0 saturated carbocycles. The van der Waals surface area contributed by atoms with E-state index >= 15 is 0 Å². The fraction of sp³-hybridized carbons (Fsp3) is 0.444. The van der Waals surface area contributed by atoms with Gasteiger partial charge in [0, 0.05) is 0 Å². The number of aliphatic carboxylic acids is 1. The molecule has 0 aliphatic carbocycles. The number of carbonyl (C=O) groups is 1. The number of halogens is 3. The van der Waals surface area contributed by atoms with Crippen LogP contribution in [0.4, 0.5) is 19.0 Å². The van der Waals surface area contributed by atoms with Gasteiger partial charge in [-0.05, 0) is 18.6 Å². The normalized spacial score (nSPS) is 13.2. The number of aromatic nitrogens is 2. The Balaban J connectivity index is 2.78. The van der Waals surface area contributed by atoms with Gasteiger partial charge in [-0.1, -0.05) is 6.92 Å². The van der Waals surface area contributed by atoms with Gasteiger partial charge in [-0.3, -0.25) is 0 Å². The van der Waals surface area contributed by atoms with Crippen LogP contribution in [0.1, 0.15) is 19.0 Å². The van der Waals surface area contributed by atoms with Crippen molar-refractivity contribution in [2.24, 2.45) is 0 Å². The van der Waals surface area contributed by atoms with Gasteiger partial charge in [0.25, 0.3) is 0 Å². The molecule has 0 amide bonds. The van der Waals surface area contributed by atoms with E-state index in [0.29, 0.717) is 0 Å². The Kier molecular flexibility index (Phi) is 3.87. The molecule has 0 bridgehead atoms. The Morgan fingerprint density at radius 1 is 1.47 bits per heavy atom. The van der Waals surface area contributed by atoms with E-state index in [4.69, 9.17) is 5.11 Å². The number of hydrogen-bond donors (Lipinski definition) is 2. The second-order valence-electron chi connectivity index (χ2n) is 3.24. The Bertz CT molecular complexity index is 391. The van der Waals surface area contributed by atoms with E-state index < -0.39 is 23.9 Å². The van der Waals surface area contributed by atoms with Gasteiger partial charge in [0.2, 0.25) is 0 Å². The zero-order chi connectivity index (χ0) is 13.1. The second-order valence-corrected chi connectivity index (χ2v) is 3.24. The van der Waals surface area contributed by atoms with E-state index in [0.717, 1.165) is 12.1 Å². The number of rotatable bonds is 4. The van der Waals surface area contributed by atoms with E-state index in [1.807, 2.05) is 0 Å². The van der Waals surface area contributed by atoms with Crippen LogP contribution in [-0.2, 0) is 11.0 Å². The molecule has 0 saturated heterocycles. The van der Waals surface area contributed by atoms with Crippen LogP contribution >= 0.6 is 0 Å². The zero-order valence-corrected chi connectivity index (χ0v) is 8.82. The standard InChI is InChI=1S/C9H10F3N3O2/c1-2-5(8(16)17)13-7-4-3-6(14-15-7)9(10,11)12/h3-5H,2H2,1H3,(H,13,15)(H,16,17). The van der Waals surface area contributed by atoms with Gasteiger partial charge in [0.05, 0.1) is 0 Å². The van der Waals surface area contributed by atoms with Crippen molar-refractivity contribution in [2.45, 2.75) is 25.6 Å². The van der Waals surface area contributed by atoms with Crippen LogP contribution in [-0.4, -0.2) is 27.3 Å². The van der Waals surface area contributed by atoms with E-state index in [2.05, 4.69) is 15.5 Å². The van der Waals surface area contributed by atoms with Gasteiger partial charge in [-0.25, -0.2) is 4.79 Å². The number of alkyl halides is 3. The van der Waals surface area contributed by atoms with Crippen molar-refractivity contribution in [2.75, 3.05) is 5.32 Å². The van der Waals surface area contributed by atoms with Gasteiger partial charge < -0.3 is 10.4 Å². The number of nitrogens with zero attached hydrogens (tertiary/aromatic N) is 2. The molecule has 17 heavy (non-hydrogen) atoms. The fourth-order valence-electron chi connectivity index (χ4n) is 1.08. The minimum absolute atomic E-state index is 0.00718. The lowest BCUT2D eigenvalue weighted by Crippen LogP contribution is -2.28. The summed E-state index contributed by atoms with van der Waals surface area (Å²) in [5.41, 5.74) is -1.12. The summed E-state index contributed by atoms with van der Waals surface area (Å²) >= 11 is 0. The van der Waals surface area contributed by atoms with Crippen molar-refractivity contribution < 1.29 is 23.1 Å². The maximum Gasteiger partial charge on any atom is 0.435 e. The SMILES string of the molecule is CCC(Nc1ccc(C(F)(F)F)nn1)C(=O)O. The van der Waals surface area contributed by atoms with Gasteiger partial charge in [0.15, 0.2) is 5.69 Å². The average molecular weight is 249 g/mol. The molecule has 0 spiro atoms. The van der Waals surface area contributed by atoms with Gasteiger partial charge in [-0.2, -0.15) is 13.2 Å². The number of anilines is 1. The molecule has 1 aromatic rings. The molecule has 0 aliphatic rings. The summed E-state index contributed by atoms with van der Waals surface area (Å²) < 4.78 is 36.5. The molecule has 1 unspecified atom stereocenters. The molecule has 0 aromatic carbocycles. The zero-order valence-electron chi connectivity index (χ0n) is 8.82. The summed E-state index contributed by atoms with van der Waals surface area (Å²) in [4.78, 5) is 10.7. The Labute approximate surface area is 94.7 Å². The quantitative estimate of drug-likeness (QED) is 0.850. The fourth-order valence-corrected chi connectivity index (χ4v) is 1.08. The first-order valence-corrected chi connectivity index (χ1v) is 4.75. The van der Waals surface area contributed by atoms with E-state index in [1.165, 1.54) is 0 Å². The maximum atomic E-state index is 12.2. The first-order valence-electron chi connectivity index (χ1n) is 4.75. The van der Waals surface area contributed by atoms with Crippen LogP contribution < -0.4 is 5.32 Å². The lowest BCUT2D eigenvalue weighted by molar-refractivity contribution is -0.142. The molecule has 8 heteroatoms. The molecule has 0 aliphatic heterocycles. The van der Waals surface area contributed by atoms with Crippen LogP contribution in [0.2, 0.25) is 0 Å². The summed E-state index contributed by atoms with van der Waals surface area (Å²) in [5.74, 6) is -1.11. The maximum absolute atomic E-state index is 12.2. The Morgan fingerprint density at radius 2 is 2.12 bits per heavy atom. The predicted molar refractivity (Wildman–Crippen MR) is 52.4 cm³/mol. The summed E-state index contributed by atoms with van der Waals surface area (Å²) in [7, 11) is 0. The molecule has 94 valence electrons. The van der Waals surface area contributed by atoms with Crippen molar-refractivity contribution in [3.05, 3.63) is 17.8 Å². The number of nitrogens with one attached hydrogen (secondary N) is 1. The molecule has 1 atom stereocenters. The number of carboxylic acid groups (broad SMARTS) is 1. The molecule has 1 heterocycles. The van der Waals surface area contributed by atoms with Crippen molar-refractivity contribution in [1.82, 2.24) is 10.2 Å². The van der Waals surface area contributed by atoms with Crippen molar-refractivity contribution in [1.29, 1.82) is 0 Å². The van der Waals surface area contributed by atoms with Gasteiger partial charge >= 0.3 is 12.1 Å². The highest BCUT2D eigenvalue weighted by Gasteiger charge is 2.33.